The second kappa shape index (κ2) is 6.28. The van der Waals surface area contributed by atoms with Crippen molar-refractivity contribution in [2.45, 2.75) is 25.6 Å². The van der Waals surface area contributed by atoms with Crippen LogP contribution < -0.4 is 5.32 Å². The fraction of sp³-hybridized carbons (Fsp3) is 0.538. The third kappa shape index (κ3) is 3.51. The van der Waals surface area contributed by atoms with Gasteiger partial charge in [-0.05, 0) is 23.3 Å². The molecule has 1 aromatic carbocycles. The van der Waals surface area contributed by atoms with E-state index in [0.29, 0.717) is 12.6 Å². The molecular formula is C13H19NOS. The standard InChI is InChI=1S/C13H19NOS/c1-15-9-12-4-2-11(3-5-12)8-14-13-6-7-16-10-13/h2-5,13-14H,6-10H2,1H3. The van der Waals surface area contributed by atoms with Gasteiger partial charge in [0.25, 0.3) is 0 Å². The predicted octanol–water partition coefficient (Wildman–Crippen LogP) is 2.43. The van der Waals surface area contributed by atoms with E-state index in [-0.39, 0.29) is 0 Å². The number of benzene rings is 1. The van der Waals surface area contributed by atoms with E-state index in [1.54, 1.807) is 7.11 Å². The van der Waals surface area contributed by atoms with E-state index < -0.39 is 0 Å². The molecule has 1 unspecified atom stereocenters. The van der Waals surface area contributed by atoms with Crippen molar-refractivity contribution in [3.8, 4) is 0 Å². The molecule has 0 aromatic heterocycles. The maximum absolute atomic E-state index is 5.09. The molecule has 0 spiro atoms. The van der Waals surface area contributed by atoms with Crippen LogP contribution in [0.25, 0.3) is 0 Å². The van der Waals surface area contributed by atoms with Crippen molar-refractivity contribution in [1.29, 1.82) is 0 Å². The normalized spacial score (nSPS) is 20.2. The first-order valence-electron chi connectivity index (χ1n) is 5.76. The first-order valence-corrected chi connectivity index (χ1v) is 6.92. The molecule has 88 valence electrons. The van der Waals surface area contributed by atoms with Crippen molar-refractivity contribution in [2.24, 2.45) is 0 Å². The van der Waals surface area contributed by atoms with Crippen LogP contribution in [0.15, 0.2) is 24.3 Å². The van der Waals surface area contributed by atoms with Crippen molar-refractivity contribution in [3.05, 3.63) is 35.4 Å². The summed E-state index contributed by atoms with van der Waals surface area (Å²) in [6.45, 7) is 1.69. The van der Waals surface area contributed by atoms with Gasteiger partial charge in [-0.15, -0.1) is 0 Å². The van der Waals surface area contributed by atoms with Crippen LogP contribution in [0.3, 0.4) is 0 Å². The maximum Gasteiger partial charge on any atom is 0.0713 e. The van der Waals surface area contributed by atoms with Crippen molar-refractivity contribution in [1.82, 2.24) is 5.32 Å². The summed E-state index contributed by atoms with van der Waals surface area (Å²) in [4.78, 5) is 0. The van der Waals surface area contributed by atoms with E-state index >= 15 is 0 Å². The monoisotopic (exact) mass is 237 g/mol. The molecule has 3 heteroatoms. The van der Waals surface area contributed by atoms with E-state index in [9.17, 15) is 0 Å². The molecule has 2 nitrogen and oxygen atoms in total. The number of ether oxygens (including phenoxy) is 1. The fourth-order valence-corrected chi connectivity index (χ4v) is 3.06. The average molecular weight is 237 g/mol. The Morgan fingerprint density at radius 2 is 2.06 bits per heavy atom. The molecule has 1 N–H and O–H groups in total. The van der Waals surface area contributed by atoms with Crippen LogP contribution in [-0.2, 0) is 17.9 Å². The molecule has 0 amide bonds. The van der Waals surface area contributed by atoms with Gasteiger partial charge in [0.2, 0.25) is 0 Å². The molecule has 1 aliphatic rings. The number of rotatable bonds is 5. The first-order chi connectivity index (χ1) is 7.88. The summed E-state index contributed by atoms with van der Waals surface area (Å²) in [6.07, 6.45) is 1.31. The van der Waals surface area contributed by atoms with Crippen LogP contribution in [0.4, 0.5) is 0 Å². The molecule has 2 rings (SSSR count). The van der Waals surface area contributed by atoms with Crippen molar-refractivity contribution < 1.29 is 4.74 Å². The predicted molar refractivity (Wildman–Crippen MR) is 69.7 cm³/mol. The second-order valence-corrected chi connectivity index (χ2v) is 5.34. The molecule has 16 heavy (non-hydrogen) atoms. The fourth-order valence-electron chi connectivity index (χ4n) is 1.88. The van der Waals surface area contributed by atoms with Gasteiger partial charge in [-0.3, -0.25) is 0 Å². The lowest BCUT2D eigenvalue weighted by Gasteiger charge is -2.11. The zero-order valence-corrected chi connectivity index (χ0v) is 10.6. The average Bonchev–Trinajstić information content (AvgIpc) is 2.82. The molecule has 1 fully saturated rings. The Kier molecular flexibility index (Phi) is 4.69. The van der Waals surface area contributed by atoms with Gasteiger partial charge in [0.1, 0.15) is 0 Å². The van der Waals surface area contributed by atoms with Gasteiger partial charge >= 0.3 is 0 Å². The van der Waals surface area contributed by atoms with Crippen LogP contribution in [0.1, 0.15) is 17.5 Å². The summed E-state index contributed by atoms with van der Waals surface area (Å²) in [7, 11) is 1.73. The molecular weight excluding hydrogens is 218 g/mol. The van der Waals surface area contributed by atoms with Crippen LogP contribution in [0.2, 0.25) is 0 Å². The van der Waals surface area contributed by atoms with E-state index in [2.05, 4.69) is 29.6 Å². The quantitative estimate of drug-likeness (QED) is 0.850. The highest BCUT2D eigenvalue weighted by atomic mass is 32.2. The van der Waals surface area contributed by atoms with Crippen LogP contribution in [0.5, 0.6) is 0 Å². The Bertz CT molecular complexity index is 306. The van der Waals surface area contributed by atoms with Gasteiger partial charge < -0.3 is 10.1 Å². The largest absolute Gasteiger partial charge is 0.380 e. The van der Waals surface area contributed by atoms with Gasteiger partial charge in [0.05, 0.1) is 6.61 Å². The summed E-state index contributed by atoms with van der Waals surface area (Å²) < 4.78 is 5.09. The summed E-state index contributed by atoms with van der Waals surface area (Å²) in [5.41, 5.74) is 2.60. The second-order valence-electron chi connectivity index (χ2n) is 4.19. The molecule has 1 heterocycles. The number of methoxy groups -OCH3 is 1. The zero-order valence-electron chi connectivity index (χ0n) is 9.74. The lowest BCUT2D eigenvalue weighted by molar-refractivity contribution is 0.185. The summed E-state index contributed by atoms with van der Waals surface area (Å²) in [6, 6.07) is 9.37. The van der Waals surface area contributed by atoms with E-state index in [1.165, 1.54) is 29.1 Å². The number of thioether (sulfide) groups is 1. The number of hydrogen-bond acceptors (Lipinski definition) is 3. The Balaban J connectivity index is 1.80. The van der Waals surface area contributed by atoms with Crippen molar-refractivity contribution in [2.75, 3.05) is 18.6 Å². The third-order valence-corrected chi connectivity index (χ3v) is 4.02. The lowest BCUT2D eigenvalue weighted by atomic mass is 10.1. The third-order valence-electron chi connectivity index (χ3n) is 2.86. The molecule has 1 aromatic rings. The lowest BCUT2D eigenvalue weighted by Crippen LogP contribution is -2.27. The molecule has 1 aliphatic heterocycles. The van der Waals surface area contributed by atoms with Crippen LogP contribution in [-0.4, -0.2) is 24.7 Å². The van der Waals surface area contributed by atoms with Gasteiger partial charge in [-0.2, -0.15) is 11.8 Å². The minimum atomic E-state index is 0.701. The Morgan fingerprint density at radius 3 is 2.69 bits per heavy atom. The summed E-state index contributed by atoms with van der Waals surface area (Å²) >= 11 is 2.05. The van der Waals surface area contributed by atoms with E-state index in [1.807, 2.05) is 11.8 Å². The molecule has 0 aliphatic carbocycles. The van der Waals surface area contributed by atoms with Crippen molar-refractivity contribution >= 4 is 11.8 Å². The first kappa shape index (κ1) is 12.0. The molecule has 0 bridgehead atoms. The molecule has 0 saturated carbocycles. The van der Waals surface area contributed by atoms with E-state index in [4.69, 9.17) is 4.74 Å². The topological polar surface area (TPSA) is 21.3 Å². The van der Waals surface area contributed by atoms with Gasteiger partial charge in [0.15, 0.2) is 0 Å². The van der Waals surface area contributed by atoms with Gasteiger partial charge in [0, 0.05) is 25.4 Å². The number of nitrogens with one attached hydrogen (secondary N) is 1. The SMILES string of the molecule is COCc1ccc(CNC2CCSC2)cc1. The number of hydrogen-bond donors (Lipinski definition) is 1. The summed E-state index contributed by atoms with van der Waals surface area (Å²) in [5.74, 6) is 2.58. The zero-order chi connectivity index (χ0) is 11.2. The minimum absolute atomic E-state index is 0.701. The Hall–Kier alpha value is -0.510. The highest BCUT2D eigenvalue weighted by Crippen LogP contribution is 2.17. The Morgan fingerprint density at radius 1 is 1.31 bits per heavy atom. The van der Waals surface area contributed by atoms with Crippen LogP contribution in [0, 0.1) is 0 Å². The van der Waals surface area contributed by atoms with Gasteiger partial charge in [-0.25, -0.2) is 0 Å². The highest BCUT2D eigenvalue weighted by molar-refractivity contribution is 7.99. The van der Waals surface area contributed by atoms with Gasteiger partial charge in [-0.1, -0.05) is 24.3 Å². The molecule has 1 atom stereocenters. The maximum atomic E-state index is 5.09. The smallest absolute Gasteiger partial charge is 0.0713 e. The van der Waals surface area contributed by atoms with Crippen molar-refractivity contribution in [3.63, 3.8) is 0 Å². The molecule has 1 saturated heterocycles. The Labute approximate surface area is 102 Å². The van der Waals surface area contributed by atoms with Crippen LogP contribution >= 0.6 is 11.8 Å². The minimum Gasteiger partial charge on any atom is -0.380 e. The summed E-state index contributed by atoms with van der Waals surface area (Å²) in [5, 5.41) is 3.60. The molecule has 0 radical (unpaired) electrons. The highest BCUT2D eigenvalue weighted by Gasteiger charge is 2.13. The van der Waals surface area contributed by atoms with E-state index in [0.717, 1.165) is 6.54 Å².